The average Bonchev–Trinajstić information content (AvgIpc) is 2.27. The van der Waals surface area contributed by atoms with Gasteiger partial charge in [0.2, 0.25) is 0 Å². The number of rotatable bonds is 3. The fourth-order valence-electron chi connectivity index (χ4n) is 1.84. The van der Waals surface area contributed by atoms with Gasteiger partial charge in [0.05, 0.1) is 5.56 Å². The minimum atomic E-state index is -1.12. The summed E-state index contributed by atoms with van der Waals surface area (Å²) in [5, 5.41) is 2.54. The monoisotopic (exact) mass is 276 g/mol. The second-order valence-electron chi connectivity index (χ2n) is 4.50. The van der Waals surface area contributed by atoms with E-state index in [9.17, 15) is 13.6 Å². The van der Waals surface area contributed by atoms with E-state index < -0.39 is 17.5 Å². The van der Waals surface area contributed by atoms with Gasteiger partial charge in [-0.05, 0) is 31.4 Å². The predicted octanol–water partition coefficient (Wildman–Crippen LogP) is 2.00. The summed E-state index contributed by atoms with van der Waals surface area (Å²) in [6.07, 6.45) is 2.73. The van der Waals surface area contributed by atoms with Gasteiger partial charge in [0.25, 0.3) is 5.91 Å². The lowest BCUT2D eigenvalue weighted by atomic mass is 9.78. The van der Waals surface area contributed by atoms with Crippen LogP contribution in [0.5, 0.6) is 0 Å². The molecule has 0 aliphatic heterocycles. The molecule has 0 unspecified atom stereocenters. The number of nitrogens with one attached hydrogen (secondary N) is 1. The second kappa shape index (κ2) is 5.63. The maximum atomic E-state index is 13.3. The van der Waals surface area contributed by atoms with Crippen LogP contribution in [0.25, 0.3) is 0 Å². The molecule has 6 heteroatoms. The Bertz CT molecular complexity index is 450. The lowest BCUT2D eigenvalue weighted by Crippen LogP contribution is -2.55. The molecule has 0 radical (unpaired) electrons. The zero-order valence-corrected chi connectivity index (χ0v) is 10.5. The van der Waals surface area contributed by atoms with Crippen LogP contribution in [-0.2, 0) is 0 Å². The molecule has 1 amide bonds. The molecule has 1 aliphatic rings. The lowest BCUT2D eigenvalue weighted by Gasteiger charge is -2.38. The van der Waals surface area contributed by atoms with Crippen molar-refractivity contribution >= 4 is 18.3 Å². The molecule has 2 rings (SSSR count). The lowest BCUT2D eigenvalue weighted by molar-refractivity contribution is 0.0924. The molecule has 1 aromatic carbocycles. The van der Waals surface area contributed by atoms with Gasteiger partial charge >= 0.3 is 0 Å². The van der Waals surface area contributed by atoms with Crippen LogP contribution in [-0.4, -0.2) is 18.0 Å². The van der Waals surface area contributed by atoms with Crippen molar-refractivity contribution in [2.24, 2.45) is 5.73 Å². The number of benzene rings is 1. The van der Waals surface area contributed by atoms with Crippen molar-refractivity contribution in [3.8, 4) is 0 Å². The van der Waals surface area contributed by atoms with E-state index in [0.29, 0.717) is 6.54 Å². The fraction of sp³-hybridized carbons (Fsp3) is 0.417. The van der Waals surface area contributed by atoms with Crippen molar-refractivity contribution in [2.45, 2.75) is 24.8 Å². The first-order valence-electron chi connectivity index (χ1n) is 5.53. The van der Waals surface area contributed by atoms with E-state index in [4.69, 9.17) is 5.73 Å². The number of carbonyl (C=O) groups is 1. The van der Waals surface area contributed by atoms with Crippen LogP contribution < -0.4 is 11.1 Å². The van der Waals surface area contributed by atoms with Gasteiger partial charge in [-0.15, -0.1) is 12.4 Å². The van der Waals surface area contributed by atoms with Crippen LogP contribution >= 0.6 is 12.4 Å². The standard InChI is InChI=1S/C12H14F2N2O.ClH/c13-9-4-1-3-8(10(9)14)11(17)16-7-12(15)5-2-6-12;/h1,3-4H,2,5-7,15H2,(H,16,17);1H. The Morgan fingerprint density at radius 2 is 2.06 bits per heavy atom. The molecule has 0 saturated heterocycles. The summed E-state index contributed by atoms with van der Waals surface area (Å²) in [6, 6.07) is 3.52. The van der Waals surface area contributed by atoms with Crippen molar-refractivity contribution < 1.29 is 13.6 Å². The average molecular weight is 277 g/mol. The maximum absolute atomic E-state index is 13.3. The topological polar surface area (TPSA) is 55.1 Å². The van der Waals surface area contributed by atoms with Gasteiger partial charge in [-0.3, -0.25) is 4.79 Å². The minimum Gasteiger partial charge on any atom is -0.350 e. The third kappa shape index (κ3) is 2.97. The van der Waals surface area contributed by atoms with Crippen LogP contribution in [0, 0.1) is 11.6 Å². The van der Waals surface area contributed by atoms with E-state index in [1.165, 1.54) is 12.1 Å². The Morgan fingerprint density at radius 1 is 1.39 bits per heavy atom. The Morgan fingerprint density at radius 3 is 2.61 bits per heavy atom. The van der Waals surface area contributed by atoms with E-state index in [2.05, 4.69) is 5.32 Å². The molecular weight excluding hydrogens is 262 g/mol. The molecule has 0 bridgehead atoms. The SMILES string of the molecule is Cl.NC1(CNC(=O)c2cccc(F)c2F)CCC1. The van der Waals surface area contributed by atoms with Crippen LogP contribution in [0.15, 0.2) is 18.2 Å². The van der Waals surface area contributed by atoms with Crippen molar-refractivity contribution in [3.63, 3.8) is 0 Å². The summed E-state index contributed by atoms with van der Waals surface area (Å²) >= 11 is 0. The minimum absolute atomic E-state index is 0. The molecular formula is C12H15ClF2N2O. The van der Waals surface area contributed by atoms with Gasteiger partial charge < -0.3 is 11.1 Å². The Hall–Kier alpha value is -1.20. The van der Waals surface area contributed by atoms with E-state index in [0.717, 1.165) is 25.3 Å². The molecule has 3 N–H and O–H groups in total. The molecule has 0 aromatic heterocycles. The first kappa shape index (κ1) is 14.9. The fourth-order valence-corrected chi connectivity index (χ4v) is 1.84. The molecule has 3 nitrogen and oxygen atoms in total. The van der Waals surface area contributed by atoms with Gasteiger partial charge in [-0.1, -0.05) is 6.07 Å². The molecule has 0 spiro atoms. The van der Waals surface area contributed by atoms with Crippen molar-refractivity contribution in [2.75, 3.05) is 6.54 Å². The molecule has 0 atom stereocenters. The van der Waals surface area contributed by atoms with Gasteiger partial charge in [0.1, 0.15) is 0 Å². The highest BCUT2D eigenvalue weighted by Gasteiger charge is 2.32. The smallest absolute Gasteiger partial charge is 0.254 e. The predicted molar refractivity (Wildman–Crippen MR) is 66.7 cm³/mol. The van der Waals surface area contributed by atoms with E-state index in [1.807, 2.05) is 0 Å². The normalized spacial score (nSPS) is 16.4. The molecule has 1 aliphatic carbocycles. The first-order chi connectivity index (χ1) is 8.02. The number of carbonyl (C=O) groups excluding carboxylic acids is 1. The van der Waals surface area contributed by atoms with E-state index in [-0.39, 0.29) is 23.5 Å². The summed E-state index contributed by atoms with van der Waals surface area (Å²) in [5.74, 6) is -2.77. The Balaban J connectivity index is 0.00000162. The molecule has 1 fully saturated rings. The molecule has 1 saturated carbocycles. The summed E-state index contributed by atoms with van der Waals surface area (Å²) < 4.78 is 26.2. The van der Waals surface area contributed by atoms with Crippen LogP contribution in [0.2, 0.25) is 0 Å². The Kier molecular flexibility index (Phi) is 4.65. The number of hydrogen-bond donors (Lipinski definition) is 2. The number of nitrogens with two attached hydrogens (primary N) is 1. The quantitative estimate of drug-likeness (QED) is 0.887. The van der Waals surface area contributed by atoms with E-state index in [1.54, 1.807) is 0 Å². The highest BCUT2D eigenvalue weighted by molar-refractivity contribution is 5.94. The zero-order valence-electron chi connectivity index (χ0n) is 9.71. The number of hydrogen-bond acceptors (Lipinski definition) is 2. The third-order valence-corrected chi connectivity index (χ3v) is 3.15. The van der Waals surface area contributed by atoms with Crippen LogP contribution in [0.1, 0.15) is 29.6 Å². The van der Waals surface area contributed by atoms with Gasteiger partial charge in [-0.25, -0.2) is 8.78 Å². The highest BCUT2D eigenvalue weighted by Crippen LogP contribution is 2.28. The summed E-state index contributed by atoms with van der Waals surface area (Å²) in [5.41, 5.74) is 5.25. The molecule has 100 valence electrons. The maximum Gasteiger partial charge on any atom is 0.254 e. The molecule has 1 aromatic rings. The largest absolute Gasteiger partial charge is 0.350 e. The van der Waals surface area contributed by atoms with Crippen LogP contribution in [0.4, 0.5) is 8.78 Å². The highest BCUT2D eigenvalue weighted by atomic mass is 35.5. The third-order valence-electron chi connectivity index (χ3n) is 3.15. The summed E-state index contributed by atoms with van der Waals surface area (Å²) in [6.45, 7) is 0.293. The van der Waals surface area contributed by atoms with Gasteiger partial charge in [-0.2, -0.15) is 0 Å². The van der Waals surface area contributed by atoms with Crippen LogP contribution in [0.3, 0.4) is 0 Å². The first-order valence-corrected chi connectivity index (χ1v) is 5.53. The molecule has 0 heterocycles. The number of amides is 1. The second-order valence-corrected chi connectivity index (χ2v) is 4.50. The Labute approximate surface area is 110 Å². The summed E-state index contributed by atoms with van der Waals surface area (Å²) in [4.78, 5) is 11.6. The van der Waals surface area contributed by atoms with Crippen molar-refractivity contribution in [1.82, 2.24) is 5.32 Å². The molecule has 18 heavy (non-hydrogen) atoms. The van der Waals surface area contributed by atoms with Crippen molar-refractivity contribution in [3.05, 3.63) is 35.4 Å². The zero-order chi connectivity index (χ0) is 12.5. The van der Waals surface area contributed by atoms with Gasteiger partial charge in [0, 0.05) is 12.1 Å². The number of halogens is 3. The van der Waals surface area contributed by atoms with Crippen molar-refractivity contribution in [1.29, 1.82) is 0 Å². The van der Waals surface area contributed by atoms with E-state index >= 15 is 0 Å². The summed E-state index contributed by atoms with van der Waals surface area (Å²) in [7, 11) is 0. The van der Waals surface area contributed by atoms with Gasteiger partial charge in [0.15, 0.2) is 11.6 Å².